The quantitative estimate of drug-likeness (QED) is 0.463. The van der Waals surface area contributed by atoms with Crippen LogP contribution in [-0.2, 0) is 0 Å². The maximum atomic E-state index is 13.1. The minimum absolute atomic E-state index is 0.00439. The van der Waals surface area contributed by atoms with E-state index >= 15 is 0 Å². The summed E-state index contributed by atoms with van der Waals surface area (Å²) in [4.78, 5) is 17.6. The van der Waals surface area contributed by atoms with E-state index in [0.717, 1.165) is 38.5 Å². The molecule has 0 unspecified atom stereocenters. The van der Waals surface area contributed by atoms with E-state index in [1.54, 1.807) is 10.6 Å². The molecule has 0 atom stereocenters. The molecule has 5 rings (SSSR count). The van der Waals surface area contributed by atoms with E-state index < -0.39 is 0 Å². The van der Waals surface area contributed by atoms with Crippen molar-refractivity contribution in [1.29, 1.82) is 0 Å². The smallest absolute Gasteiger partial charge is 0.263 e. The van der Waals surface area contributed by atoms with Crippen LogP contribution in [0.25, 0.3) is 38.1 Å². The second kappa shape index (κ2) is 4.68. The van der Waals surface area contributed by atoms with Crippen LogP contribution in [0.15, 0.2) is 59.5 Å². The second-order valence-corrected chi connectivity index (χ2v) is 5.85. The predicted octanol–water partition coefficient (Wildman–Crippen LogP) is 3.99. The van der Waals surface area contributed by atoms with Crippen LogP contribution >= 0.6 is 0 Å². The topological polar surface area (TPSA) is 43.6 Å². The molecular formula is C20H14N2O2. The molecule has 0 fully saturated rings. The molecule has 0 aliphatic heterocycles. The van der Waals surface area contributed by atoms with Gasteiger partial charge in [0.25, 0.3) is 5.56 Å². The Bertz CT molecular complexity index is 1290. The van der Waals surface area contributed by atoms with E-state index in [2.05, 4.69) is 4.98 Å². The van der Waals surface area contributed by atoms with Gasteiger partial charge in [0, 0.05) is 27.7 Å². The van der Waals surface area contributed by atoms with Crippen molar-refractivity contribution in [2.24, 2.45) is 0 Å². The number of hydrogen-bond donors (Lipinski definition) is 0. The molecule has 3 heterocycles. The molecule has 116 valence electrons. The predicted molar refractivity (Wildman–Crippen MR) is 96.3 cm³/mol. The van der Waals surface area contributed by atoms with Gasteiger partial charge in [0.05, 0.1) is 23.2 Å². The van der Waals surface area contributed by atoms with E-state index in [0.29, 0.717) is 12.0 Å². The summed E-state index contributed by atoms with van der Waals surface area (Å²) in [6.45, 7) is 2.57. The van der Waals surface area contributed by atoms with Gasteiger partial charge in [-0.15, -0.1) is 0 Å². The van der Waals surface area contributed by atoms with Crippen molar-refractivity contribution in [3.8, 4) is 5.75 Å². The van der Waals surface area contributed by atoms with Gasteiger partial charge in [-0.2, -0.15) is 0 Å². The normalized spacial score (nSPS) is 11.9. The molecule has 4 heteroatoms. The van der Waals surface area contributed by atoms with Crippen molar-refractivity contribution in [2.75, 3.05) is 6.61 Å². The van der Waals surface area contributed by atoms with Crippen molar-refractivity contribution in [2.45, 2.75) is 6.92 Å². The lowest BCUT2D eigenvalue weighted by Gasteiger charge is -2.04. The van der Waals surface area contributed by atoms with Crippen LogP contribution in [0, 0.1) is 0 Å². The summed E-state index contributed by atoms with van der Waals surface area (Å²) in [5, 5.41) is 3.63. The van der Waals surface area contributed by atoms with Crippen LogP contribution in [-0.4, -0.2) is 16.0 Å². The first kappa shape index (κ1) is 13.3. The summed E-state index contributed by atoms with van der Waals surface area (Å²) in [6, 6.07) is 15.5. The lowest BCUT2D eigenvalue weighted by molar-refractivity contribution is 0.341. The Morgan fingerprint density at radius 3 is 2.67 bits per heavy atom. The number of rotatable bonds is 2. The van der Waals surface area contributed by atoms with Crippen LogP contribution in [0.1, 0.15) is 6.92 Å². The van der Waals surface area contributed by atoms with Crippen LogP contribution < -0.4 is 10.3 Å². The van der Waals surface area contributed by atoms with E-state index in [1.165, 1.54) is 0 Å². The molecule has 0 aliphatic rings. The van der Waals surface area contributed by atoms with E-state index in [9.17, 15) is 4.79 Å². The van der Waals surface area contributed by atoms with Gasteiger partial charge in [-0.3, -0.25) is 14.2 Å². The fraction of sp³-hybridized carbons (Fsp3) is 0.100. The van der Waals surface area contributed by atoms with Crippen molar-refractivity contribution in [3.05, 3.63) is 65.1 Å². The molecule has 0 N–H and O–H groups in total. The molecule has 4 nitrogen and oxygen atoms in total. The molecule has 0 radical (unpaired) electrons. The van der Waals surface area contributed by atoms with E-state index in [-0.39, 0.29) is 5.56 Å². The number of ether oxygens (including phenoxy) is 1. The summed E-state index contributed by atoms with van der Waals surface area (Å²) in [5.74, 6) is 0.812. The van der Waals surface area contributed by atoms with E-state index in [1.807, 2.05) is 55.5 Å². The zero-order valence-corrected chi connectivity index (χ0v) is 13.1. The van der Waals surface area contributed by atoms with Gasteiger partial charge >= 0.3 is 0 Å². The van der Waals surface area contributed by atoms with Crippen molar-refractivity contribution >= 4 is 38.1 Å². The van der Waals surface area contributed by atoms with Crippen LogP contribution in [0.4, 0.5) is 0 Å². The molecule has 0 spiro atoms. The average Bonchev–Trinajstić information content (AvgIpc) is 2.95. The lowest BCUT2D eigenvalue weighted by Crippen LogP contribution is -2.13. The Morgan fingerprint density at radius 2 is 1.83 bits per heavy atom. The lowest BCUT2D eigenvalue weighted by atomic mass is 10.1. The summed E-state index contributed by atoms with van der Waals surface area (Å²) in [7, 11) is 0. The molecule has 24 heavy (non-hydrogen) atoms. The zero-order chi connectivity index (χ0) is 16.3. The van der Waals surface area contributed by atoms with Crippen molar-refractivity contribution < 1.29 is 4.74 Å². The molecule has 0 aliphatic carbocycles. The molecule has 2 aromatic carbocycles. The first-order chi connectivity index (χ1) is 11.8. The SMILES string of the molecule is CCOc1ccc2c(c1)c1ccnc3c4ccccc4c(=O)n2c13. The second-order valence-electron chi connectivity index (χ2n) is 5.85. The highest BCUT2D eigenvalue weighted by molar-refractivity contribution is 6.18. The van der Waals surface area contributed by atoms with Crippen molar-refractivity contribution in [3.63, 3.8) is 0 Å². The number of fused-ring (bicyclic) bond motifs is 5. The third-order valence-electron chi connectivity index (χ3n) is 4.57. The summed E-state index contributed by atoms with van der Waals surface area (Å²) in [6.07, 6.45) is 1.81. The van der Waals surface area contributed by atoms with Gasteiger partial charge in [0.2, 0.25) is 0 Å². The van der Waals surface area contributed by atoms with Crippen LogP contribution in [0.3, 0.4) is 0 Å². The highest BCUT2D eigenvalue weighted by atomic mass is 16.5. The summed E-state index contributed by atoms with van der Waals surface area (Å²) >= 11 is 0. The Kier molecular flexibility index (Phi) is 2.59. The average molecular weight is 314 g/mol. The fourth-order valence-electron chi connectivity index (χ4n) is 3.61. The first-order valence-electron chi connectivity index (χ1n) is 7.99. The summed E-state index contributed by atoms with van der Waals surface area (Å²) in [5.41, 5.74) is 2.62. The fourth-order valence-corrected chi connectivity index (χ4v) is 3.61. The molecular weight excluding hydrogens is 300 g/mol. The number of aromatic nitrogens is 2. The first-order valence-corrected chi connectivity index (χ1v) is 7.99. The Labute approximate surface area is 137 Å². The number of benzene rings is 2. The minimum Gasteiger partial charge on any atom is -0.494 e. The summed E-state index contributed by atoms with van der Waals surface area (Å²) < 4.78 is 7.41. The monoisotopic (exact) mass is 314 g/mol. The number of nitrogens with zero attached hydrogens (tertiary/aromatic N) is 2. The Morgan fingerprint density at radius 1 is 1.00 bits per heavy atom. The molecule has 0 saturated heterocycles. The van der Waals surface area contributed by atoms with Crippen molar-refractivity contribution in [1.82, 2.24) is 9.38 Å². The molecule has 5 aromatic rings. The molecule has 0 saturated carbocycles. The largest absolute Gasteiger partial charge is 0.494 e. The van der Waals surface area contributed by atoms with Gasteiger partial charge in [0.1, 0.15) is 5.75 Å². The van der Waals surface area contributed by atoms with E-state index in [4.69, 9.17) is 4.74 Å². The number of hydrogen-bond acceptors (Lipinski definition) is 3. The van der Waals surface area contributed by atoms with Gasteiger partial charge < -0.3 is 4.74 Å². The minimum atomic E-state index is -0.00439. The maximum Gasteiger partial charge on any atom is 0.263 e. The Hall–Kier alpha value is -3.14. The van der Waals surface area contributed by atoms with Crippen LogP contribution in [0.2, 0.25) is 0 Å². The Balaban J connectivity index is 2.11. The molecule has 3 aromatic heterocycles. The third kappa shape index (κ3) is 1.57. The third-order valence-corrected chi connectivity index (χ3v) is 4.57. The number of pyridine rings is 2. The zero-order valence-electron chi connectivity index (χ0n) is 13.1. The standard InChI is InChI=1S/C20H14N2O2/c1-2-24-12-7-8-17-16(11-12)14-9-10-21-18-13-5-3-4-6-15(13)20(23)22(17)19(14)18/h3-11H,2H2,1H3. The van der Waals surface area contributed by atoms with Gasteiger partial charge in [-0.25, -0.2) is 0 Å². The van der Waals surface area contributed by atoms with Gasteiger partial charge in [0.15, 0.2) is 0 Å². The highest BCUT2D eigenvalue weighted by Crippen LogP contribution is 2.34. The molecule has 0 bridgehead atoms. The van der Waals surface area contributed by atoms with Gasteiger partial charge in [-0.1, -0.05) is 18.2 Å². The molecule has 0 amide bonds. The van der Waals surface area contributed by atoms with Crippen LogP contribution in [0.5, 0.6) is 5.75 Å². The maximum absolute atomic E-state index is 13.1. The highest BCUT2D eigenvalue weighted by Gasteiger charge is 2.17. The van der Waals surface area contributed by atoms with Gasteiger partial charge in [-0.05, 0) is 37.3 Å².